The zero-order valence-electron chi connectivity index (χ0n) is 11.0. The Morgan fingerprint density at radius 2 is 2.22 bits per heavy atom. The summed E-state index contributed by atoms with van der Waals surface area (Å²) in [6, 6.07) is 9.04. The molecule has 0 radical (unpaired) electrons. The third-order valence-corrected chi connectivity index (χ3v) is 3.77. The number of hydrogen-bond donors (Lipinski definition) is 1. The van der Waals surface area contributed by atoms with E-state index in [4.69, 9.17) is 0 Å². The van der Waals surface area contributed by atoms with Crippen LogP contribution in [0.1, 0.15) is 26.2 Å². The second-order valence-electron chi connectivity index (χ2n) is 5.28. The van der Waals surface area contributed by atoms with Crippen molar-refractivity contribution in [3.8, 4) is 0 Å². The number of aromatic nitrogens is 2. The number of nitrogens with zero attached hydrogens (tertiary/aromatic N) is 2. The van der Waals surface area contributed by atoms with E-state index in [9.17, 15) is 0 Å². The van der Waals surface area contributed by atoms with Crippen LogP contribution in [0.5, 0.6) is 0 Å². The SMILES string of the molecule is CCCNC(Cn1ncc2ccccc21)C1CC1. The number of rotatable bonds is 6. The summed E-state index contributed by atoms with van der Waals surface area (Å²) in [5.41, 5.74) is 1.25. The fraction of sp³-hybridized carbons (Fsp3) is 0.533. The highest BCUT2D eigenvalue weighted by Crippen LogP contribution is 2.33. The topological polar surface area (TPSA) is 29.9 Å². The van der Waals surface area contributed by atoms with Crippen molar-refractivity contribution in [3.63, 3.8) is 0 Å². The normalized spacial score (nSPS) is 17.2. The van der Waals surface area contributed by atoms with Gasteiger partial charge in [-0.25, -0.2) is 0 Å². The fourth-order valence-electron chi connectivity index (χ4n) is 2.57. The summed E-state index contributed by atoms with van der Waals surface area (Å²) in [6.45, 7) is 4.33. The van der Waals surface area contributed by atoms with Crippen LogP contribution in [0.2, 0.25) is 0 Å². The van der Waals surface area contributed by atoms with E-state index in [1.54, 1.807) is 0 Å². The third-order valence-electron chi connectivity index (χ3n) is 3.77. The minimum absolute atomic E-state index is 0.591. The molecule has 3 nitrogen and oxygen atoms in total. The van der Waals surface area contributed by atoms with Crippen LogP contribution in [0.15, 0.2) is 30.5 Å². The molecule has 0 spiro atoms. The number of fused-ring (bicyclic) bond motifs is 1. The van der Waals surface area contributed by atoms with E-state index in [0.717, 1.165) is 19.0 Å². The largest absolute Gasteiger partial charge is 0.312 e. The monoisotopic (exact) mass is 243 g/mol. The molecule has 96 valence electrons. The van der Waals surface area contributed by atoms with Crippen LogP contribution in [-0.4, -0.2) is 22.4 Å². The lowest BCUT2D eigenvalue weighted by molar-refractivity contribution is 0.395. The van der Waals surface area contributed by atoms with Gasteiger partial charge in [-0.3, -0.25) is 4.68 Å². The molecular formula is C15H21N3. The van der Waals surface area contributed by atoms with Gasteiger partial charge in [-0.05, 0) is 37.8 Å². The van der Waals surface area contributed by atoms with Crippen molar-refractivity contribution >= 4 is 10.9 Å². The van der Waals surface area contributed by atoms with Crippen molar-refractivity contribution in [2.24, 2.45) is 5.92 Å². The van der Waals surface area contributed by atoms with E-state index in [1.807, 2.05) is 6.20 Å². The van der Waals surface area contributed by atoms with Crippen LogP contribution in [0.4, 0.5) is 0 Å². The summed E-state index contributed by atoms with van der Waals surface area (Å²) in [4.78, 5) is 0. The molecule has 1 N–H and O–H groups in total. The first-order valence-corrected chi connectivity index (χ1v) is 7.02. The summed E-state index contributed by atoms with van der Waals surface area (Å²) >= 11 is 0. The van der Waals surface area contributed by atoms with Crippen molar-refractivity contribution in [1.29, 1.82) is 0 Å². The summed E-state index contributed by atoms with van der Waals surface area (Å²) < 4.78 is 2.15. The predicted molar refractivity (Wildman–Crippen MR) is 74.5 cm³/mol. The molecule has 0 amide bonds. The first kappa shape index (κ1) is 11.7. The Hall–Kier alpha value is -1.35. The van der Waals surface area contributed by atoms with Crippen LogP contribution in [0, 0.1) is 5.92 Å². The molecule has 1 aliphatic rings. The van der Waals surface area contributed by atoms with E-state index >= 15 is 0 Å². The maximum absolute atomic E-state index is 4.53. The Balaban J connectivity index is 1.77. The molecular weight excluding hydrogens is 222 g/mol. The first-order chi connectivity index (χ1) is 8.88. The van der Waals surface area contributed by atoms with Crippen LogP contribution >= 0.6 is 0 Å². The number of para-hydroxylation sites is 1. The summed E-state index contributed by atoms with van der Waals surface area (Å²) in [5, 5.41) is 9.44. The predicted octanol–water partition coefficient (Wildman–Crippen LogP) is 2.81. The van der Waals surface area contributed by atoms with Crippen molar-refractivity contribution in [1.82, 2.24) is 15.1 Å². The van der Waals surface area contributed by atoms with Gasteiger partial charge in [0.25, 0.3) is 0 Å². The molecule has 3 rings (SSSR count). The molecule has 1 unspecified atom stereocenters. The van der Waals surface area contributed by atoms with E-state index in [0.29, 0.717) is 6.04 Å². The van der Waals surface area contributed by atoms with Gasteiger partial charge < -0.3 is 5.32 Å². The van der Waals surface area contributed by atoms with Crippen LogP contribution in [0.3, 0.4) is 0 Å². The van der Waals surface area contributed by atoms with E-state index < -0.39 is 0 Å². The van der Waals surface area contributed by atoms with Gasteiger partial charge in [0.1, 0.15) is 0 Å². The second-order valence-corrected chi connectivity index (χ2v) is 5.28. The molecule has 1 aromatic heterocycles. The Bertz CT molecular complexity index is 513. The molecule has 0 bridgehead atoms. The van der Waals surface area contributed by atoms with Gasteiger partial charge in [-0.1, -0.05) is 25.1 Å². The van der Waals surface area contributed by atoms with E-state index in [2.05, 4.69) is 46.3 Å². The Labute approximate surface area is 108 Å². The van der Waals surface area contributed by atoms with Crippen molar-refractivity contribution < 1.29 is 0 Å². The van der Waals surface area contributed by atoms with Gasteiger partial charge in [0, 0.05) is 11.4 Å². The molecule has 1 atom stereocenters. The van der Waals surface area contributed by atoms with E-state index in [1.165, 1.54) is 30.2 Å². The van der Waals surface area contributed by atoms with Crippen molar-refractivity contribution in [3.05, 3.63) is 30.5 Å². The maximum atomic E-state index is 4.53. The average Bonchev–Trinajstić information content (AvgIpc) is 3.17. The summed E-state index contributed by atoms with van der Waals surface area (Å²) in [5.74, 6) is 0.861. The van der Waals surface area contributed by atoms with Gasteiger partial charge in [-0.2, -0.15) is 5.10 Å². The fourth-order valence-corrected chi connectivity index (χ4v) is 2.57. The molecule has 2 aromatic rings. The molecule has 18 heavy (non-hydrogen) atoms. The Kier molecular flexibility index (Phi) is 3.33. The molecule has 1 heterocycles. The first-order valence-electron chi connectivity index (χ1n) is 7.02. The number of benzene rings is 1. The highest BCUT2D eigenvalue weighted by atomic mass is 15.3. The lowest BCUT2D eigenvalue weighted by Gasteiger charge is -2.18. The van der Waals surface area contributed by atoms with Crippen LogP contribution < -0.4 is 5.32 Å². The smallest absolute Gasteiger partial charge is 0.0683 e. The molecule has 0 saturated heterocycles. The lowest BCUT2D eigenvalue weighted by atomic mass is 10.1. The molecule has 1 saturated carbocycles. The highest BCUT2D eigenvalue weighted by Gasteiger charge is 2.31. The highest BCUT2D eigenvalue weighted by molar-refractivity contribution is 5.78. The average molecular weight is 243 g/mol. The van der Waals surface area contributed by atoms with Gasteiger partial charge in [0.05, 0.1) is 18.3 Å². The number of hydrogen-bond acceptors (Lipinski definition) is 2. The standard InChI is InChI=1S/C15H21N3/c1-2-9-16-14(12-7-8-12)11-18-15-6-4-3-5-13(15)10-17-18/h3-6,10,12,14,16H,2,7-9,11H2,1H3. The van der Waals surface area contributed by atoms with Gasteiger partial charge >= 0.3 is 0 Å². The maximum Gasteiger partial charge on any atom is 0.0683 e. The van der Waals surface area contributed by atoms with Crippen LogP contribution in [-0.2, 0) is 6.54 Å². The van der Waals surface area contributed by atoms with Gasteiger partial charge in [-0.15, -0.1) is 0 Å². The molecule has 3 heteroatoms. The van der Waals surface area contributed by atoms with Gasteiger partial charge in [0.15, 0.2) is 0 Å². The quantitative estimate of drug-likeness (QED) is 0.845. The third kappa shape index (κ3) is 2.41. The summed E-state index contributed by atoms with van der Waals surface area (Å²) in [6.07, 6.45) is 5.92. The van der Waals surface area contributed by atoms with Crippen LogP contribution in [0.25, 0.3) is 10.9 Å². The van der Waals surface area contributed by atoms with Gasteiger partial charge in [0.2, 0.25) is 0 Å². The zero-order valence-corrected chi connectivity index (χ0v) is 11.0. The number of nitrogens with one attached hydrogen (secondary N) is 1. The molecule has 0 aliphatic heterocycles. The molecule has 1 aromatic carbocycles. The Morgan fingerprint density at radius 3 is 3.00 bits per heavy atom. The molecule has 1 fully saturated rings. The minimum atomic E-state index is 0.591. The Morgan fingerprint density at radius 1 is 1.39 bits per heavy atom. The lowest BCUT2D eigenvalue weighted by Crippen LogP contribution is -2.35. The minimum Gasteiger partial charge on any atom is -0.312 e. The van der Waals surface area contributed by atoms with Crippen molar-refractivity contribution in [2.45, 2.75) is 38.8 Å². The van der Waals surface area contributed by atoms with E-state index in [-0.39, 0.29) is 0 Å². The van der Waals surface area contributed by atoms with Crippen molar-refractivity contribution in [2.75, 3.05) is 6.54 Å². The molecule has 1 aliphatic carbocycles. The second kappa shape index (κ2) is 5.11. The zero-order chi connectivity index (χ0) is 12.4. The summed E-state index contributed by atoms with van der Waals surface area (Å²) in [7, 11) is 0.